The quantitative estimate of drug-likeness (QED) is 0.0467. The van der Waals surface area contributed by atoms with Crippen molar-refractivity contribution < 1.29 is 29.1 Å². The predicted octanol–water partition coefficient (Wildman–Crippen LogP) is -5.14. The first-order valence-electron chi connectivity index (χ1n) is 11.1. The van der Waals surface area contributed by atoms with Gasteiger partial charge < -0.3 is 55.5 Å². The summed E-state index contributed by atoms with van der Waals surface area (Å²) in [5.74, 6) is -4.51. The Morgan fingerprint density at radius 1 is 0.722 bits per heavy atom. The van der Waals surface area contributed by atoms with Crippen LogP contribution in [-0.4, -0.2) is 84.4 Å². The van der Waals surface area contributed by atoms with E-state index in [2.05, 4.69) is 25.9 Å². The van der Waals surface area contributed by atoms with Crippen molar-refractivity contribution in [3.05, 3.63) is 0 Å². The van der Waals surface area contributed by atoms with Crippen molar-refractivity contribution in [2.45, 2.75) is 56.7 Å². The number of amides is 4. The van der Waals surface area contributed by atoms with E-state index in [1.165, 1.54) is 0 Å². The summed E-state index contributed by atoms with van der Waals surface area (Å²) in [4.78, 5) is 67.4. The summed E-state index contributed by atoms with van der Waals surface area (Å²) in [6.45, 7) is -0.273. The molecule has 0 aromatic carbocycles. The molecule has 0 saturated heterocycles. The summed E-state index contributed by atoms with van der Waals surface area (Å²) in [5.41, 5.74) is 32.1. The number of carbonyl (C=O) groups is 5. The molecule has 0 aromatic heterocycles. The number of guanidine groups is 2. The number of nitrogens with one attached hydrogen (secondary N) is 3. The number of carbonyl (C=O) groups excluding carboxylic acids is 4. The van der Waals surface area contributed by atoms with Gasteiger partial charge >= 0.3 is 5.97 Å². The molecule has 36 heavy (non-hydrogen) atoms. The summed E-state index contributed by atoms with van der Waals surface area (Å²) >= 11 is 0. The van der Waals surface area contributed by atoms with Crippen LogP contribution in [0, 0.1) is 0 Å². The SMILES string of the molecule is NC(=O)CC[C@H](NC(=O)[C@H](CCCN=C(N)N)NC(=O)[C@@H](N)CCCN=C(N)N)C(=O)NCC(=O)O. The number of primary amides is 1. The van der Waals surface area contributed by atoms with Gasteiger partial charge in [-0.2, -0.15) is 0 Å². The van der Waals surface area contributed by atoms with Crippen LogP contribution in [-0.2, 0) is 24.0 Å². The highest BCUT2D eigenvalue weighted by Gasteiger charge is 2.28. The van der Waals surface area contributed by atoms with Crippen LogP contribution in [0.2, 0.25) is 0 Å². The topological polar surface area (TPSA) is 323 Å². The van der Waals surface area contributed by atoms with Crippen molar-refractivity contribution in [3.63, 3.8) is 0 Å². The maximum Gasteiger partial charge on any atom is 0.322 e. The molecule has 0 aliphatic rings. The Morgan fingerprint density at radius 2 is 1.22 bits per heavy atom. The summed E-state index contributed by atoms with van der Waals surface area (Å²) in [5, 5.41) is 15.8. The first kappa shape index (κ1) is 31.8. The fraction of sp³-hybridized carbons (Fsp3) is 0.632. The maximum absolute atomic E-state index is 13.0. The van der Waals surface area contributed by atoms with Crippen molar-refractivity contribution in [1.29, 1.82) is 0 Å². The van der Waals surface area contributed by atoms with E-state index in [4.69, 9.17) is 39.5 Å². The molecule has 0 spiro atoms. The number of carboxylic acids is 1. The Labute approximate surface area is 207 Å². The minimum Gasteiger partial charge on any atom is -0.480 e. The molecule has 0 radical (unpaired) electrons. The van der Waals surface area contributed by atoms with E-state index in [0.29, 0.717) is 6.42 Å². The number of aliphatic imine (C=N–C) groups is 2. The number of carboxylic acid groups (broad SMARTS) is 1. The van der Waals surface area contributed by atoms with Gasteiger partial charge in [0.2, 0.25) is 23.6 Å². The molecule has 0 unspecified atom stereocenters. The zero-order chi connectivity index (χ0) is 27.7. The molecule has 3 atom stereocenters. The molecule has 17 heteroatoms. The van der Waals surface area contributed by atoms with Crippen molar-refractivity contribution >= 4 is 41.5 Å². The third kappa shape index (κ3) is 15.6. The normalized spacial score (nSPS) is 12.8. The minimum absolute atomic E-state index is 0.0777. The van der Waals surface area contributed by atoms with E-state index >= 15 is 0 Å². The fourth-order valence-corrected chi connectivity index (χ4v) is 2.82. The highest BCUT2D eigenvalue weighted by molar-refractivity contribution is 5.94. The van der Waals surface area contributed by atoms with Crippen LogP contribution in [0.1, 0.15) is 38.5 Å². The standard InChI is InChI=1S/C19H37N11O6/c20-10(3-1-7-26-18(22)23)15(34)29-11(4-2-8-27-19(24)25)17(36)30-12(5-6-13(21)31)16(35)28-9-14(32)33/h10-12H,1-9,20H2,(H2,21,31)(H,28,35)(H,29,34)(H,30,36)(H,32,33)(H4,22,23,26)(H4,24,25,27)/t10-,11-,12-/m0/s1. The third-order valence-electron chi connectivity index (χ3n) is 4.61. The summed E-state index contributed by atoms with van der Waals surface area (Å²) in [6, 6.07) is -3.40. The van der Waals surface area contributed by atoms with Gasteiger partial charge in [-0.05, 0) is 32.1 Å². The Morgan fingerprint density at radius 3 is 1.72 bits per heavy atom. The lowest BCUT2D eigenvalue weighted by Crippen LogP contribution is -2.56. The van der Waals surface area contributed by atoms with Gasteiger partial charge in [-0.25, -0.2) is 0 Å². The van der Waals surface area contributed by atoms with E-state index in [9.17, 15) is 24.0 Å². The fourth-order valence-electron chi connectivity index (χ4n) is 2.82. The summed E-state index contributed by atoms with van der Waals surface area (Å²) in [6.07, 6.45) is 0.553. The van der Waals surface area contributed by atoms with E-state index in [1.54, 1.807) is 0 Å². The Hall–Kier alpha value is -4.15. The van der Waals surface area contributed by atoms with E-state index in [-0.39, 0.29) is 57.1 Å². The molecule has 0 saturated carbocycles. The zero-order valence-corrected chi connectivity index (χ0v) is 19.9. The van der Waals surface area contributed by atoms with Gasteiger partial charge in [0.05, 0.1) is 6.04 Å². The Bertz CT molecular complexity index is 825. The van der Waals surface area contributed by atoms with Crippen LogP contribution >= 0.6 is 0 Å². The van der Waals surface area contributed by atoms with Gasteiger partial charge in [-0.15, -0.1) is 0 Å². The van der Waals surface area contributed by atoms with Crippen LogP contribution in [0.15, 0.2) is 9.98 Å². The van der Waals surface area contributed by atoms with Gasteiger partial charge in [-0.3, -0.25) is 34.0 Å². The van der Waals surface area contributed by atoms with Crippen molar-refractivity contribution in [2.75, 3.05) is 19.6 Å². The van der Waals surface area contributed by atoms with Crippen LogP contribution in [0.3, 0.4) is 0 Å². The molecule has 0 aliphatic heterocycles. The Balaban J connectivity index is 5.38. The number of hydrogen-bond acceptors (Lipinski definition) is 8. The lowest BCUT2D eigenvalue weighted by molar-refractivity contribution is -0.138. The number of nitrogens with two attached hydrogens (primary N) is 6. The van der Waals surface area contributed by atoms with Crippen molar-refractivity contribution in [1.82, 2.24) is 16.0 Å². The van der Waals surface area contributed by atoms with Crippen LogP contribution in [0.5, 0.6) is 0 Å². The highest BCUT2D eigenvalue weighted by atomic mass is 16.4. The molecule has 17 nitrogen and oxygen atoms in total. The molecule has 204 valence electrons. The molecule has 16 N–H and O–H groups in total. The molecule has 0 aromatic rings. The van der Waals surface area contributed by atoms with Gasteiger partial charge in [0.25, 0.3) is 0 Å². The number of nitrogens with zero attached hydrogens (tertiary/aromatic N) is 2. The molecule has 0 rings (SSSR count). The second-order valence-electron chi connectivity index (χ2n) is 7.74. The van der Waals surface area contributed by atoms with E-state index in [1.807, 2.05) is 0 Å². The van der Waals surface area contributed by atoms with Gasteiger partial charge in [0.15, 0.2) is 11.9 Å². The molecule has 4 amide bonds. The van der Waals surface area contributed by atoms with Crippen molar-refractivity contribution in [2.24, 2.45) is 44.4 Å². The lowest BCUT2D eigenvalue weighted by atomic mass is 10.1. The smallest absolute Gasteiger partial charge is 0.322 e. The number of aliphatic carboxylic acids is 1. The predicted molar refractivity (Wildman–Crippen MR) is 131 cm³/mol. The van der Waals surface area contributed by atoms with Crippen LogP contribution < -0.4 is 50.4 Å². The molecule has 0 bridgehead atoms. The molecule has 0 heterocycles. The average molecular weight is 516 g/mol. The molecule has 0 aliphatic carbocycles. The highest BCUT2D eigenvalue weighted by Crippen LogP contribution is 2.05. The number of rotatable bonds is 18. The van der Waals surface area contributed by atoms with E-state index < -0.39 is 54.3 Å². The van der Waals surface area contributed by atoms with Crippen LogP contribution in [0.25, 0.3) is 0 Å². The minimum atomic E-state index is -1.30. The van der Waals surface area contributed by atoms with Crippen molar-refractivity contribution in [3.8, 4) is 0 Å². The summed E-state index contributed by atoms with van der Waals surface area (Å²) in [7, 11) is 0. The first-order chi connectivity index (χ1) is 16.8. The lowest BCUT2D eigenvalue weighted by Gasteiger charge is -2.24. The molecular formula is C19H37N11O6. The summed E-state index contributed by atoms with van der Waals surface area (Å²) < 4.78 is 0. The second-order valence-corrected chi connectivity index (χ2v) is 7.74. The first-order valence-corrected chi connectivity index (χ1v) is 11.1. The number of hydrogen-bond donors (Lipinski definition) is 10. The maximum atomic E-state index is 13.0. The van der Waals surface area contributed by atoms with E-state index in [0.717, 1.165) is 0 Å². The van der Waals surface area contributed by atoms with Gasteiger partial charge in [0, 0.05) is 19.5 Å². The largest absolute Gasteiger partial charge is 0.480 e. The molecular weight excluding hydrogens is 478 g/mol. The average Bonchev–Trinajstić information content (AvgIpc) is 2.78. The molecule has 0 fully saturated rings. The Kier molecular flexibility index (Phi) is 15.3. The van der Waals surface area contributed by atoms with Gasteiger partial charge in [0.1, 0.15) is 18.6 Å². The zero-order valence-electron chi connectivity index (χ0n) is 19.9. The monoisotopic (exact) mass is 515 g/mol. The third-order valence-corrected chi connectivity index (χ3v) is 4.61. The van der Waals surface area contributed by atoms with Gasteiger partial charge in [-0.1, -0.05) is 0 Å². The van der Waals surface area contributed by atoms with Crippen LogP contribution in [0.4, 0.5) is 0 Å². The second kappa shape index (κ2) is 17.3.